The zero-order valence-corrected chi connectivity index (χ0v) is 18.1. The molecular formula is C24H22ClFN4O2. The predicted molar refractivity (Wildman–Crippen MR) is 123 cm³/mol. The molecule has 0 aliphatic heterocycles. The Morgan fingerprint density at radius 1 is 1.25 bits per heavy atom. The molecule has 0 saturated carbocycles. The van der Waals surface area contributed by atoms with Crippen LogP contribution in [0.5, 0.6) is 0 Å². The van der Waals surface area contributed by atoms with Crippen LogP contribution in [-0.2, 0) is 6.42 Å². The summed E-state index contributed by atoms with van der Waals surface area (Å²) < 4.78 is 16.5. The number of rotatable bonds is 4. The fourth-order valence-electron chi connectivity index (χ4n) is 4.48. The number of aliphatic hydroxyl groups is 2. The van der Waals surface area contributed by atoms with Gasteiger partial charge in [0.05, 0.1) is 16.6 Å². The number of nitrogens with two attached hydrogens (primary N) is 1. The number of benzene rings is 1. The second kappa shape index (κ2) is 7.55. The Balaban J connectivity index is 1.44. The molecule has 4 aromatic rings. The molecule has 164 valence electrons. The molecule has 32 heavy (non-hydrogen) atoms. The quantitative estimate of drug-likeness (QED) is 0.403. The van der Waals surface area contributed by atoms with E-state index < -0.39 is 23.6 Å². The molecule has 0 spiro atoms. The van der Waals surface area contributed by atoms with Gasteiger partial charge in [-0.15, -0.1) is 0 Å². The predicted octanol–water partition coefficient (Wildman–Crippen LogP) is 4.19. The summed E-state index contributed by atoms with van der Waals surface area (Å²) in [4.78, 5) is 8.59. The summed E-state index contributed by atoms with van der Waals surface area (Å²) in [6.07, 6.45) is 5.31. The lowest BCUT2D eigenvalue weighted by Crippen LogP contribution is -2.40. The number of nitrogen functional groups attached to an aromatic ring is 1. The molecule has 1 aliphatic carbocycles. The lowest BCUT2D eigenvalue weighted by Gasteiger charge is -2.28. The second-order valence-corrected chi connectivity index (χ2v) is 8.82. The molecule has 0 amide bonds. The van der Waals surface area contributed by atoms with Gasteiger partial charge in [-0.3, -0.25) is 0 Å². The van der Waals surface area contributed by atoms with Crippen LogP contribution in [0.25, 0.3) is 21.9 Å². The van der Waals surface area contributed by atoms with E-state index in [0.717, 1.165) is 11.0 Å². The normalized spacial score (nSPS) is 23.2. The molecule has 0 unspecified atom stereocenters. The van der Waals surface area contributed by atoms with Crippen LogP contribution in [0.1, 0.15) is 24.9 Å². The Bertz CT molecular complexity index is 1380. The molecule has 4 N–H and O–H groups in total. The average molecular weight is 453 g/mol. The highest BCUT2D eigenvalue weighted by atomic mass is 35.5. The zero-order valence-electron chi connectivity index (χ0n) is 17.3. The van der Waals surface area contributed by atoms with E-state index in [0.29, 0.717) is 34.9 Å². The summed E-state index contributed by atoms with van der Waals surface area (Å²) >= 11 is 5.96. The summed E-state index contributed by atoms with van der Waals surface area (Å²) in [6.45, 7) is 1.61. The molecule has 1 aliphatic rings. The third kappa shape index (κ3) is 3.33. The number of halogens is 2. The second-order valence-electron chi connectivity index (χ2n) is 8.41. The van der Waals surface area contributed by atoms with Crippen molar-refractivity contribution in [1.29, 1.82) is 0 Å². The molecule has 3 heterocycles. The van der Waals surface area contributed by atoms with Crippen LogP contribution in [0, 0.1) is 5.82 Å². The molecule has 3 atom stereocenters. The number of aromatic nitrogens is 3. The summed E-state index contributed by atoms with van der Waals surface area (Å²) in [7, 11) is 0. The maximum absolute atomic E-state index is 14.6. The Kier molecular flexibility index (Phi) is 4.93. The van der Waals surface area contributed by atoms with E-state index >= 15 is 0 Å². The standard InChI is InChI=1S/C24H22ClFN4O2/c1-24(32)15(11-20(21(24)31)30-8-6-14-3-2-7-28-23(14)30)5-4-13-9-18(26)16-12-17(25)22(27)29-19(16)10-13/h2-3,6-12,20-21,31-32H,4-5H2,1H3,(H2,27,29)/t20-,21+,24-/m1/s1. The topological polar surface area (TPSA) is 97.2 Å². The first-order valence-corrected chi connectivity index (χ1v) is 10.7. The van der Waals surface area contributed by atoms with Crippen LogP contribution in [-0.4, -0.2) is 36.5 Å². The van der Waals surface area contributed by atoms with Crippen LogP contribution in [0.4, 0.5) is 10.2 Å². The monoisotopic (exact) mass is 452 g/mol. The van der Waals surface area contributed by atoms with Crippen molar-refractivity contribution in [2.75, 3.05) is 5.73 Å². The molecular weight excluding hydrogens is 431 g/mol. The van der Waals surface area contributed by atoms with Crippen LogP contribution in [0.3, 0.4) is 0 Å². The summed E-state index contributed by atoms with van der Waals surface area (Å²) in [6, 6.07) is 9.96. The van der Waals surface area contributed by atoms with Gasteiger partial charge in [-0.25, -0.2) is 14.4 Å². The summed E-state index contributed by atoms with van der Waals surface area (Å²) in [5.41, 5.74) is 6.93. The van der Waals surface area contributed by atoms with Crippen molar-refractivity contribution in [3.05, 3.63) is 76.8 Å². The molecule has 6 nitrogen and oxygen atoms in total. The largest absolute Gasteiger partial charge is 0.387 e. The Hall–Kier alpha value is -3.00. The summed E-state index contributed by atoms with van der Waals surface area (Å²) in [5.74, 6) is -0.280. The maximum atomic E-state index is 14.6. The van der Waals surface area contributed by atoms with Crippen molar-refractivity contribution in [2.24, 2.45) is 0 Å². The van der Waals surface area contributed by atoms with E-state index in [1.165, 1.54) is 12.1 Å². The van der Waals surface area contributed by atoms with Crippen molar-refractivity contribution < 1.29 is 14.6 Å². The van der Waals surface area contributed by atoms with Gasteiger partial charge in [0.1, 0.15) is 29.0 Å². The molecule has 0 bridgehead atoms. The lowest BCUT2D eigenvalue weighted by atomic mass is 9.90. The number of aliphatic hydroxyl groups excluding tert-OH is 1. The van der Waals surface area contributed by atoms with Gasteiger partial charge in [-0.2, -0.15) is 0 Å². The third-order valence-electron chi connectivity index (χ3n) is 6.33. The lowest BCUT2D eigenvalue weighted by molar-refractivity contribution is -0.0393. The minimum atomic E-state index is -1.42. The SMILES string of the molecule is C[C@@]1(O)C(CCc2cc(F)c3cc(Cl)c(N)nc3c2)=C[C@@H](n2ccc3cccnc32)[C@@H]1O. The highest BCUT2D eigenvalue weighted by Crippen LogP contribution is 2.40. The van der Waals surface area contributed by atoms with E-state index in [2.05, 4.69) is 9.97 Å². The van der Waals surface area contributed by atoms with E-state index in [-0.39, 0.29) is 10.8 Å². The summed E-state index contributed by atoms with van der Waals surface area (Å²) in [5, 5.41) is 23.5. The number of aryl methyl sites for hydroxylation is 1. The van der Waals surface area contributed by atoms with E-state index in [1.807, 2.05) is 35.0 Å². The number of hydrogen-bond donors (Lipinski definition) is 3. The van der Waals surface area contributed by atoms with Crippen LogP contribution in [0.2, 0.25) is 5.02 Å². The Labute approximate surface area is 188 Å². The smallest absolute Gasteiger partial charge is 0.142 e. The molecule has 8 heteroatoms. The zero-order chi connectivity index (χ0) is 22.6. The number of nitrogens with zero attached hydrogens (tertiary/aromatic N) is 3. The maximum Gasteiger partial charge on any atom is 0.142 e. The van der Waals surface area contributed by atoms with Gasteiger partial charge in [-0.1, -0.05) is 17.7 Å². The van der Waals surface area contributed by atoms with Crippen LogP contribution >= 0.6 is 11.6 Å². The highest BCUT2D eigenvalue weighted by Gasteiger charge is 2.45. The van der Waals surface area contributed by atoms with Crippen molar-refractivity contribution in [3.8, 4) is 0 Å². The van der Waals surface area contributed by atoms with Crippen molar-refractivity contribution >= 4 is 39.4 Å². The van der Waals surface area contributed by atoms with Gasteiger partial charge in [0, 0.05) is 23.2 Å². The fraction of sp³-hybridized carbons (Fsp3) is 0.250. The van der Waals surface area contributed by atoms with E-state index in [1.54, 1.807) is 19.2 Å². The first-order chi connectivity index (χ1) is 15.3. The Morgan fingerprint density at radius 3 is 2.88 bits per heavy atom. The minimum Gasteiger partial charge on any atom is -0.387 e. The molecule has 0 saturated heterocycles. The minimum absolute atomic E-state index is 0.149. The van der Waals surface area contributed by atoms with Gasteiger partial charge in [0.25, 0.3) is 0 Å². The van der Waals surface area contributed by atoms with Crippen molar-refractivity contribution in [1.82, 2.24) is 14.5 Å². The molecule has 0 fully saturated rings. The van der Waals surface area contributed by atoms with Gasteiger partial charge in [0.2, 0.25) is 0 Å². The first kappa shape index (κ1) is 20.9. The van der Waals surface area contributed by atoms with Crippen LogP contribution in [0.15, 0.2) is 60.4 Å². The number of pyridine rings is 2. The Morgan fingerprint density at radius 2 is 2.06 bits per heavy atom. The van der Waals surface area contributed by atoms with Gasteiger partial charge in [0.15, 0.2) is 0 Å². The van der Waals surface area contributed by atoms with Gasteiger partial charge >= 0.3 is 0 Å². The number of fused-ring (bicyclic) bond motifs is 2. The molecule has 1 aromatic carbocycles. The van der Waals surface area contributed by atoms with Crippen molar-refractivity contribution in [2.45, 2.75) is 37.5 Å². The third-order valence-corrected chi connectivity index (χ3v) is 6.63. The van der Waals surface area contributed by atoms with Gasteiger partial charge < -0.3 is 20.5 Å². The van der Waals surface area contributed by atoms with E-state index in [4.69, 9.17) is 17.3 Å². The number of hydrogen-bond acceptors (Lipinski definition) is 5. The first-order valence-electron chi connectivity index (χ1n) is 10.3. The molecule has 0 radical (unpaired) electrons. The van der Waals surface area contributed by atoms with Crippen LogP contribution < -0.4 is 5.73 Å². The van der Waals surface area contributed by atoms with E-state index in [9.17, 15) is 14.6 Å². The molecule has 5 rings (SSSR count). The van der Waals surface area contributed by atoms with Gasteiger partial charge in [-0.05, 0) is 67.3 Å². The number of anilines is 1. The average Bonchev–Trinajstić information content (AvgIpc) is 3.27. The fourth-order valence-corrected chi connectivity index (χ4v) is 4.64. The highest BCUT2D eigenvalue weighted by molar-refractivity contribution is 6.33. The molecule has 3 aromatic heterocycles. The van der Waals surface area contributed by atoms with Crippen molar-refractivity contribution in [3.63, 3.8) is 0 Å².